The third kappa shape index (κ3) is 4.99. The summed E-state index contributed by atoms with van der Waals surface area (Å²) in [6.45, 7) is 4.80. The number of carbonyl (C=O) groups excluding carboxylic acids is 2. The third-order valence-corrected chi connectivity index (χ3v) is 6.04. The molecule has 1 fully saturated rings. The Hall–Kier alpha value is -1.67. The van der Waals surface area contributed by atoms with Crippen LogP contribution in [0.15, 0.2) is 23.6 Å². The van der Waals surface area contributed by atoms with Gasteiger partial charge in [-0.25, -0.2) is 4.98 Å². The van der Waals surface area contributed by atoms with Crippen LogP contribution in [0.3, 0.4) is 0 Å². The second kappa shape index (κ2) is 9.01. The van der Waals surface area contributed by atoms with E-state index in [1.807, 2.05) is 0 Å². The van der Waals surface area contributed by atoms with Crippen LogP contribution in [-0.2, 0) is 0 Å². The number of amides is 2. The van der Waals surface area contributed by atoms with E-state index in [0.29, 0.717) is 39.0 Å². The van der Waals surface area contributed by atoms with Gasteiger partial charge < -0.3 is 5.32 Å². The van der Waals surface area contributed by atoms with E-state index in [9.17, 15) is 9.59 Å². The van der Waals surface area contributed by atoms with Gasteiger partial charge in [0.1, 0.15) is 5.69 Å². The van der Waals surface area contributed by atoms with Gasteiger partial charge in [0.15, 0.2) is 5.13 Å². The van der Waals surface area contributed by atoms with Crippen molar-refractivity contribution in [1.29, 1.82) is 0 Å². The Morgan fingerprint density at radius 1 is 1.30 bits per heavy atom. The molecule has 0 spiro atoms. The molecule has 1 aromatic carbocycles. The van der Waals surface area contributed by atoms with Gasteiger partial charge in [-0.1, -0.05) is 30.1 Å². The highest BCUT2D eigenvalue weighted by Gasteiger charge is 2.23. The van der Waals surface area contributed by atoms with E-state index in [1.54, 1.807) is 17.5 Å². The standard InChI is InChI=1S/C18H20Cl2N4O2S/c1-2-24-7-3-4-12(24)9-21-17(26)15-10-27-18(22-15)23-16(25)11-5-6-13(19)14(20)8-11/h5-6,8,10,12H,2-4,7,9H2,1H3,(H,21,26)(H,22,23,25)/t12-/m1/s1. The smallest absolute Gasteiger partial charge is 0.270 e. The number of hydrogen-bond acceptors (Lipinski definition) is 5. The number of halogens is 2. The summed E-state index contributed by atoms with van der Waals surface area (Å²) in [4.78, 5) is 31.2. The highest BCUT2D eigenvalue weighted by molar-refractivity contribution is 7.14. The molecule has 1 aliphatic rings. The Morgan fingerprint density at radius 2 is 2.11 bits per heavy atom. The van der Waals surface area contributed by atoms with Gasteiger partial charge in [0.05, 0.1) is 10.0 Å². The molecule has 9 heteroatoms. The van der Waals surface area contributed by atoms with Crippen LogP contribution in [-0.4, -0.2) is 47.4 Å². The fourth-order valence-corrected chi connectivity index (χ4v) is 4.07. The Morgan fingerprint density at radius 3 is 2.85 bits per heavy atom. The predicted octanol–water partition coefficient (Wildman–Crippen LogP) is 3.92. The van der Waals surface area contributed by atoms with Crippen molar-refractivity contribution in [1.82, 2.24) is 15.2 Å². The number of nitrogens with one attached hydrogen (secondary N) is 2. The molecular weight excluding hydrogens is 407 g/mol. The minimum absolute atomic E-state index is 0.232. The Balaban J connectivity index is 1.56. The SMILES string of the molecule is CCN1CCC[C@@H]1CNC(=O)c1csc(NC(=O)c2ccc(Cl)c(Cl)c2)n1. The maximum Gasteiger partial charge on any atom is 0.270 e. The van der Waals surface area contributed by atoms with Crippen molar-refractivity contribution in [2.45, 2.75) is 25.8 Å². The zero-order valence-electron chi connectivity index (χ0n) is 14.8. The number of anilines is 1. The van der Waals surface area contributed by atoms with Crippen molar-refractivity contribution in [2.24, 2.45) is 0 Å². The van der Waals surface area contributed by atoms with Crippen molar-refractivity contribution in [3.8, 4) is 0 Å². The van der Waals surface area contributed by atoms with Crippen LogP contribution < -0.4 is 10.6 Å². The number of rotatable bonds is 6. The average Bonchev–Trinajstić information content (AvgIpc) is 3.31. The molecule has 3 rings (SSSR count). The van der Waals surface area contributed by atoms with E-state index in [1.165, 1.54) is 17.4 Å². The van der Waals surface area contributed by atoms with Gasteiger partial charge in [0, 0.05) is 23.5 Å². The summed E-state index contributed by atoms with van der Waals surface area (Å²) >= 11 is 13.0. The van der Waals surface area contributed by atoms with Crippen LogP contribution >= 0.6 is 34.5 Å². The quantitative estimate of drug-likeness (QED) is 0.733. The first-order valence-corrected chi connectivity index (χ1v) is 10.4. The van der Waals surface area contributed by atoms with Gasteiger partial charge in [-0.3, -0.25) is 19.8 Å². The first-order valence-electron chi connectivity index (χ1n) is 8.72. The number of aromatic nitrogens is 1. The number of hydrogen-bond donors (Lipinski definition) is 2. The number of carbonyl (C=O) groups is 2. The van der Waals surface area contributed by atoms with Crippen LogP contribution in [0.2, 0.25) is 10.0 Å². The zero-order valence-corrected chi connectivity index (χ0v) is 17.1. The molecule has 6 nitrogen and oxygen atoms in total. The van der Waals surface area contributed by atoms with Crippen molar-refractivity contribution in [2.75, 3.05) is 25.0 Å². The van der Waals surface area contributed by atoms with Crippen LogP contribution in [0.5, 0.6) is 0 Å². The van der Waals surface area contributed by atoms with E-state index >= 15 is 0 Å². The largest absolute Gasteiger partial charge is 0.349 e. The predicted molar refractivity (Wildman–Crippen MR) is 109 cm³/mol. The monoisotopic (exact) mass is 426 g/mol. The second-order valence-corrected chi connectivity index (χ2v) is 7.93. The topological polar surface area (TPSA) is 74.3 Å². The number of benzene rings is 1. The van der Waals surface area contributed by atoms with Crippen LogP contribution in [0.1, 0.15) is 40.6 Å². The summed E-state index contributed by atoms with van der Waals surface area (Å²) in [5.74, 6) is -0.594. The molecule has 1 atom stereocenters. The lowest BCUT2D eigenvalue weighted by Gasteiger charge is -2.22. The Bertz CT molecular complexity index is 843. The van der Waals surface area contributed by atoms with Crippen LogP contribution in [0, 0.1) is 0 Å². The molecule has 0 saturated carbocycles. The average molecular weight is 427 g/mol. The molecule has 0 aliphatic carbocycles. The fourth-order valence-electron chi connectivity index (χ4n) is 3.09. The number of likely N-dealkylation sites (N-methyl/N-ethyl adjacent to an activating group) is 1. The highest BCUT2D eigenvalue weighted by Crippen LogP contribution is 2.24. The normalized spacial score (nSPS) is 17.1. The molecule has 1 aliphatic heterocycles. The Labute approximate surface area is 171 Å². The number of nitrogens with zero attached hydrogens (tertiary/aromatic N) is 2. The summed E-state index contributed by atoms with van der Waals surface area (Å²) in [6, 6.07) is 5.00. The van der Waals surface area contributed by atoms with E-state index in [2.05, 4.69) is 27.4 Å². The lowest BCUT2D eigenvalue weighted by atomic mass is 10.2. The zero-order chi connectivity index (χ0) is 19.4. The van der Waals surface area contributed by atoms with E-state index in [-0.39, 0.29) is 11.8 Å². The molecule has 0 unspecified atom stereocenters. The first-order chi connectivity index (χ1) is 13.0. The molecule has 27 heavy (non-hydrogen) atoms. The minimum Gasteiger partial charge on any atom is -0.349 e. The van der Waals surface area contributed by atoms with Gasteiger partial charge in [-0.2, -0.15) is 0 Å². The van der Waals surface area contributed by atoms with Crippen molar-refractivity contribution < 1.29 is 9.59 Å². The maximum absolute atomic E-state index is 12.3. The van der Waals surface area contributed by atoms with Gasteiger partial charge in [-0.05, 0) is 44.1 Å². The van der Waals surface area contributed by atoms with Crippen LogP contribution in [0.4, 0.5) is 5.13 Å². The van der Waals surface area contributed by atoms with Crippen LogP contribution in [0.25, 0.3) is 0 Å². The third-order valence-electron chi connectivity index (χ3n) is 4.54. The summed E-state index contributed by atoms with van der Waals surface area (Å²) in [5.41, 5.74) is 0.664. The summed E-state index contributed by atoms with van der Waals surface area (Å²) in [6.07, 6.45) is 2.26. The highest BCUT2D eigenvalue weighted by atomic mass is 35.5. The molecule has 0 radical (unpaired) electrons. The number of thiazole rings is 1. The molecule has 144 valence electrons. The summed E-state index contributed by atoms with van der Waals surface area (Å²) in [7, 11) is 0. The Kier molecular flexibility index (Phi) is 6.70. The van der Waals surface area contributed by atoms with Crippen molar-refractivity contribution in [3.63, 3.8) is 0 Å². The molecule has 2 N–H and O–H groups in total. The van der Waals surface area contributed by atoms with Gasteiger partial charge in [0.2, 0.25) is 0 Å². The van der Waals surface area contributed by atoms with Crippen molar-refractivity contribution in [3.05, 3.63) is 44.9 Å². The molecule has 2 amide bonds. The first kappa shape index (κ1) is 20.1. The number of likely N-dealkylation sites (tertiary alicyclic amines) is 1. The minimum atomic E-state index is -0.362. The lowest BCUT2D eigenvalue weighted by molar-refractivity contribution is 0.0936. The van der Waals surface area contributed by atoms with Gasteiger partial charge in [0.25, 0.3) is 11.8 Å². The maximum atomic E-state index is 12.3. The molecular formula is C18H20Cl2N4O2S. The fraction of sp³-hybridized carbons (Fsp3) is 0.389. The van der Waals surface area contributed by atoms with Crippen molar-refractivity contribution >= 4 is 51.5 Å². The molecule has 1 aromatic heterocycles. The summed E-state index contributed by atoms with van der Waals surface area (Å²) < 4.78 is 0. The molecule has 2 aromatic rings. The molecule has 2 heterocycles. The van der Waals surface area contributed by atoms with Gasteiger partial charge >= 0.3 is 0 Å². The van der Waals surface area contributed by atoms with E-state index < -0.39 is 0 Å². The second-order valence-electron chi connectivity index (χ2n) is 6.26. The summed E-state index contributed by atoms with van der Waals surface area (Å²) in [5, 5.41) is 8.28. The lowest BCUT2D eigenvalue weighted by Crippen LogP contribution is -2.40. The van der Waals surface area contributed by atoms with Gasteiger partial charge in [-0.15, -0.1) is 11.3 Å². The molecule has 1 saturated heterocycles. The molecule has 0 bridgehead atoms. The van der Waals surface area contributed by atoms with E-state index in [4.69, 9.17) is 23.2 Å². The van der Waals surface area contributed by atoms with E-state index in [0.717, 1.165) is 25.9 Å².